The molecule has 0 aromatic heterocycles. The number of aliphatic hydroxyl groups is 1. The van der Waals surface area contributed by atoms with Crippen LogP contribution < -0.4 is 5.73 Å². The van der Waals surface area contributed by atoms with E-state index in [0.717, 1.165) is 32.5 Å². The Morgan fingerprint density at radius 3 is 2.45 bits per heavy atom. The second-order valence-corrected chi connectivity index (χ2v) is 3.31. The van der Waals surface area contributed by atoms with Gasteiger partial charge in [0.05, 0.1) is 0 Å². The molecular weight excluding hydrogens is 142 g/mol. The van der Waals surface area contributed by atoms with Crippen LogP contribution in [0.5, 0.6) is 0 Å². The van der Waals surface area contributed by atoms with E-state index in [4.69, 9.17) is 15.6 Å². The number of aliphatic hydroxyl groups excluding tert-OH is 1. The van der Waals surface area contributed by atoms with Crippen molar-refractivity contribution in [2.24, 2.45) is 11.1 Å². The van der Waals surface area contributed by atoms with Crippen molar-refractivity contribution in [1.82, 2.24) is 0 Å². The molecule has 3 N–H and O–H groups in total. The molecule has 0 saturated carbocycles. The normalized spacial score (nSPS) is 23.5. The quantitative estimate of drug-likeness (QED) is 0.615. The van der Waals surface area contributed by atoms with E-state index in [0.29, 0.717) is 6.54 Å². The monoisotopic (exact) mass is 159 g/mol. The summed E-state index contributed by atoms with van der Waals surface area (Å²) >= 11 is 0. The minimum absolute atomic E-state index is 0.0764. The summed E-state index contributed by atoms with van der Waals surface area (Å²) < 4.78 is 5.22. The molecule has 1 saturated heterocycles. The van der Waals surface area contributed by atoms with Crippen molar-refractivity contribution in [1.29, 1.82) is 0 Å². The third-order valence-electron chi connectivity index (χ3n) is 2.56. The second kappa shape index (κ2) is 4.04. The summed E-state index contributed by atoms with van der Waals surface area (Å²) in [7, 11) is 0. The lowest BCUT2D eigenvalue weighted by Crippen LogP contribution is -2.34. The first-order valence-electron chi connectivity index (χ1n) is 4.22. The van der Waals surface area contributed by atoms with Crippen molar-refractivity contribution in [3.05, 3.63) is 0 Å². The molecule has 0 amide bonds. The first-order valence-corrected chi connectivity index (χ1v) is 4.22. The van der Waals surface area contributed by atoms with Gasteiger partial charge in [0.15, 0.2) is 0 Å². The van der Waals surface area contributed by atoms with E-state index in [9.17, 15) is 0 Å². The highest BCUT2D eigenvalue weighted by molar-refractivity contribution is 4.81. The summed E-state index contributed by atoms with van der Waals surface area (Å²) in [6, 6.07) is 0. The van der Waals surface area contributed by atoms with Gasteiger partial charge < -0.3 is 15.6 Å². The van der Waals surface area contributed by atoms with Gasteiger partial charge in [-0.2, -0.15) is 0 Å². The summed E-state index contributed by atoms with van der Waals surface area (Å²) in [6.07, 6.45) is 2.84. The average molecular weight is 159 g/mol. The number of hydrogen-bond acceptors (Lipinski definition) is 3. The Labute approximate surface area is 67.5 Å². The van der Waals surface area contributed by atoms with E-state index in [1.54, 1.807) is 0 Å². The first kappa shape index (κ1) is 8.97. The van der Waals surface area contributed by atoms with Crippen LogP contribution in [0.15, 0.2) is 0 Å². The average Bonchev–Trinajstić information content (AvgIpc) is 2.07. The Kier molecular flexibility index (Phi) is 3.30. The molecule has 0 spiro atoms. The highest BCUT2D eigenvalue weighted by Gasteiger charge is 2.30. The van der Waals surface area contributed by atoms with E-state index >= 15 is 0 Å². The molecule has 3 nitrogen and oxygen atoms in total. The predicted octanol–water partition coefficient (Wildman–Crippen LogP) is 0.124. The van der Waals surface area contributed by atoms with E-state index in [1.165, 1.54) is 0 Å². The lowest BCUT2D eigenvalue weighted by Gasteiger charge is -2.35. The molecule has 0 radical (unpaired) electrons. The van der Waals surface area contributed by atoms with Gasteiger partial charge >= 0.3 is 0 Å². The van der Waals surface area contributed by atoms with Crippen molar-refractivity contribution in [2.75, 3.05) is 26.4 Å². The van der Waals surface area contributed by atoms with Crippen LogP contribution in [0.4, 0.5) is 0 Å². The van der Waals surface area contributed by atoms with E-state index in [-0.39, 0.29) is 12.0 Å². The molecule has 3 heteroatoms. The van der Waals surface area contributed by atoms with Gasteiger partial charge in [0.1, 0.15) is 0 Å². The molecule has 0 aromatic carbocycles. The summed E-state index contributed by atoms with van der Waals surface area (Å²) in [4.78, 5) is 0. The number of nitrogens with two attached hydrogens (primary N) is 1. The zero-order valence-corrected chi connectivity index (χ0v) is 6.88. The van der Waals surface area contributed by atoms with Crippen LogP contribution in [0.1, 0.15) is 19.3 Å². The van der Waals surface area contributed by atoms with Gasteiger partial charge in [-0.05, 0) is 31.2 Å². The highest BCUT2D eigenvalue weighted by atomic mass is 16.5. The first-order chi connectivity index (χ1) is 5.33. The summed E-state index contributed by atoms with van der Waals surface area (Å²) in [5.41, 5.74) is 5.54. The Balaban J connectivity index is 2.42. The van der Waals surface area contributed by atoms with Gasteiger partial charge in [0.25, 0.3) is 0 Å². The van der Waals surface area contributed by atoms with Crippen molar-refractivity contribution in [3.8, 4) is 0 Å². The molecule has 0 unspecified atom stereocenters. The Morgan fingerprint density at radius 1 is 1.36 bits per heavy atom. The molecule has 1 aliphatic rings. The third-order valence-corrected chi connectivity index (χ3v) is 2.56. The number of hydrogen-bond donors (Lipinski definition) is 2. The zero-order valence-electron chi connectivity index (χ0n) is 6.88. The fraction of sp³-hybridized carbons (Fsp3) is 1.00. The molecule has 66 valence electrons. The van der Waals surface area contributed by atoms with Gasteiger partial charge in [-0.3, -0.25) is 0 Å². The summed E-state index contributed by atoms with van der Waals surface area (Å²) in [6.45, 7) is 2.48. The van der Waals surface area contributed by atoms with Gasteiger partial charge in [-0.25, -0.2) is 0 Å². The fourth-order valence-electron chi connectivity index (χ4n) is 1.60. The Hall–Kier alpha value is -0.120. The molecule has 1 rings (SSSR count). The smallest absolute Gasteiger partial charge is 0.0489 e. The van der Waals surface area contributed by atoms with Crippen LogP contribution in [-0.2, 0) is 4.74 Å². The summed E-state index contributed by atoms with van der Waals surface area (Å²) in [5, 5.41) is 9.16. The van der Waals surface area contributed by atoms with Crippen molar-refractivity contribution in [2.45, 2.75) is 19.3 Å². The largest absolute Gasteiger partial charge is 0.396 e. The van der Waals surface area contributed by atoms with Crippen LogP contribution in [0.25, 0.3) is 0 Å². The molecule has 0 aromatic rings. The Morgan fingerprint density at radius 2 is 2.00 bits per heavy atom. The maximum Gasteiger partial charge on any atom is 0.0489 e. The maximum absolute atomic E-state index is 9.16. The van der Waals surface area contributed by atoms with Gasteiger partial charge in [-0.1, -0.05) is 0 Å². The summed E-state index contributed by atoms with van der Waals surface area (Å²) in [5.74, 6) is 0. The molecule has 0 atom stereocenters. The van der Waals surface area contributed by atoms with Crippen LogP contribution in [0, 0.1) is 5.41 Å². The van der Waals surface area contributed by atoms with E-state index in [1.807, 2.05) is 0 Å². The molecular formula is C8H17NO2. The second-order valence-electron chi connectivity index (χ2n) is 3.31. The molecule has 1 heterocycles. The predicted molar refractivity (Wildman–Crippen MR) is 43.2 cm³/mol. The zero-order chi connectivity index (χ0) is 8.16. The Bertz CT molecular complexity index is 105. The number of rotatable bonds is 3. The van der Waals surface area contributed by atoms with E-state index < -0.39 is 0 Å². The highest BCUT2D eigenvalue weighted by Crippen LogP contribution is 2.32. The molecule has 1 fully saturated rings. The van der Waals surface area contributed by atoms with Crippen LogP contribution in [-0.4, -0.2) is 31.5 Å². The maximum atomic E-state index is 9.16. The van der Waals surface area contributed by atoms with Gasteiger partial charge in [0.2, 0.25) is 0 Å². The molecule has 0 bridgehead atoms. The minimum Gasteiger partial charge on any atom is -0.396 e. The topological polar surface area (TPSA) is 55.5 Å². The van der Waals surface area contributed by atoms with Crippen molar-refractivity contribution < 1.29 is 9.84 Å². The standard InChI is InChI=1S/C8H17NO2/c9-4-1-8(7-10)2-5-11-6-3-8/h10H,1-7,9H2. The lowest BCUT2D eigenvalue weighted by molar-refractivity contribution is -0.0192. The van der Waals surface area contributed by atoms with Crippen LogP contribution >= 0.6 is 0 Å². The molecule has 1 aliphatic heterocycles. The number of ether oxygens (including phenoxy) is 1. The third kappa shape index (κ3) is 2.15. The molecule has 0 aliphatic carbocycles. The minimum atomic E-state index is 0.0764. The van der Waals surface area contributed by atoms with E-state index in [2.05, 4.69) is 0 Å². The van der Waals surface area contributed by atoms with Crippen LogP contribution in [0.3, 0.4) is 0 Å². The van der Waals surface area contributed by atoms with Crippen LogP contribution in [0.2, 0.25) is 0 Å². The van der Waals surface area contributed by atoms with Crippen molar-refractivity contribution >= 4 is 0 Å². The fourth-order valence-corrected chi connectivity index (χ4v) is 1.60. The van der Waals surface area contributed by atoms with Gasteiger partial charge in [0, 0.05) is 19.8 Å². The van der Waals surface area contributed by atoms with Crippen molar-refractivity contribution in [3.63, 3.8) is 0 Å². The SMILES string of the molecule is NCCC1(CO)CCOCC1. The lowest BCUT2D eigenvalue weighted by atomic mass is 9.78. The molecule has 11 heavy (non-hydrogen) atoms. The van der Waals surface area contributed by atoms with Gasteiger partial charge in [-0.15, -0.1) is 0 Å².